The van der Waals surface area contributed by atoms with E-state index < -0.39 is 12.0 Å². The van der Waals surface area contributed by atoms with Crippen molar-refractivity contribution in [2.45, 2.75) is 13.0 Å². The van der Waals surface area contributed by atoms with E-state index in [1.54, 1.807) is 54.6 Å². The molecule has 0 radical (unpaired) electrons. The number of carbonyl (C=O) groups is 2. The van der Waals surface area contributed by atoms with Gasteiger partial charge in [-0.05, 0) is 24.6 Å². The normalized spacial score (nSPS) is 11.7. The lowest BCUT2D eigenvalue weighted by Gasteiger charge is -2.13. The van der Waals surface area contributed by atoms with E-state index in [4.69, 9.17) is 0 Å². The predicted octanol–water partition coefficient (Wildman–Crippen LogP) is 2.56. The van der Waals surface area contributed by atoms with Crippen molar-refractivity contribution in [2.75, 3.05) is 5.32 Å². The van der Waals surface area contributed by atoms with Crippen molar-refractivity contribution in [1.82, 2.24) is 0 Å². The lowest BCUT2D eigenvalue weighted by Crippen LogP contribution is -2.21. The third-order valence-electron chi connectivity index (χ3n) is 2.93. The molecule has 0 aliphatic carbocycles. The molecule has 0 saturated heterocycles. The van der Waals surface area contributed by atoms with Crippen molar-refractivity contribution in [3.05, 3.63) is 65.7 Å². The lowest BCUT2D eigenvalue weighted by atomic mass is 10.1. The van der Waals surface area contributed by atoms with Crippen molar-refractivity contribution in [3.8, 4) is 0 Å². The van der Waals surface area contributed by atoms with Crippen LogP contribution < -0.4 is 5.32 Å². The minimum atomic E-state index is -1.27. The second-order valence-corrected chi connectivity index (χ2v) is 4.40. The summed E-state index contributed by atoms with van der Waals surface area (Å²) in [6.07, 6.45) is -1.27. The number of aliphatic hydroxyl groups excluding tert-OH is 1. The van der Waals surface area contributed by atoms with Crippen LogP contribution in [-0.2, 0) is 4.79 Å². The number of rotatable bonds is 4. The average molecular weight is 269 g/mol. The van der Waals surface area contributed by atoms with Crippen LogP contribution in [0.15, 0.2) is 54.6 Å². The third-order valence-corrected chi connectivity index (χ3v) is 2.93. The number of amides is 1. The molecule has 20 heavy (non-hydrogen) atoms. The van der Waals surface area contributed by atoms with E-state index in [0.717, 1.165) is 0 Å². The van der Waals surface area contributed by atoms with Gasteiger partial charge in [0.1, 0.15) is 0 Å². The number of ketones is 1. The molecule has 102 valence electrons. The zero-order chi connectivity index (χ0) is 14.5. The number of hydrogen-bond donors (Lipinski definition) is 2. The van der Waals surface area contributed by atoms with E-state index in [2.05, 4.69) is 5.32 Å². The molecule has 0 spiro atoms. The minimum absolute atomic E-state index is 0.143. The molecule has 0 heterocycles. The number of hydrogen-bond acceptors (Lipinski definition) is 3. The summed E-state index contributed by atoms with van der Waals surface area (Å²) in [5, 5.41) is 12.6. The van der Waals surface area contributed by atoms with Crippen LogP contribution in [0.4, 0.5) is 5.69 Å². The molecular weight excluding hydrogens is 254 g/mol. The molecular formula is C16H15NO3. The fourth-order valence-corrected chi connectivity index (χ4v) is 1.89. The summed E-state index contributed by atoms with van der Waals surface area (Å²) in [4.78, 5) is 23.5. The first-order valence-corrected chi connectivity index (χ1v) is 6.23. The summed E-state index contributed by atoms with van der Waals surface area (Å²) in [7, 11) is 0. The number of para-hydroxylation sites is 1. The van der Waals surface area contributed by atoms with Crippen LogP contribution >= 0.6 is 0 Å². The fraction of sp³-hybridized carbons (Fsp3) is 0.125. The Kier molecular flexibility index (Phi) is 4.27. The molecule has 2 aromatic rings. The van der Waals surface area contributed by atoms with Crippen LogP contribution in [0, 0.1) is 0 Å². The second-order valence-electron chi connectivity index (χ2n) is 4.40. The molecule has 2 N–H and O–H groups in total. The molecule has 4 heteroatoms. The second kappa shape index (κ2) is 6.12. The lowest BCUT2D eigenvalue weighted by molar-refractivity contribution is -0.124. The number of aliphatic hydroxyl groups is 1. The van der Waals surface area contributed by atoms with Crippen molar-refractivity contribution in [1.29, 1.82) is 0 Å². The largest absolute Gasteiger partial charge is 0.378 e. The van der Waals surface area contributed by atoms with Gasteiger partial charge in [-0.25, -0.2) is 0 Å². The molecule has 0 aliphatic heterocycles. The zero-order valence-electron chi connectivity index (χ0n) is 11.0. The van der Waals surface area contributed by atoms with E-state index in [1.807, 2.05) is 0 Å². The average Bonchev–Trinajstić information content (AvgIpc) is 2.47. The summed E-state index contributed by atoms with van der Waals surface area (Å²) < 4.78 is 0. The maximum Gasteiger partial charge on any atom is 0.257 e. The van der Waals surface area contributed by atoms with Crippen molar-refractivity contribution in [2.24, 2.45) is 0 Å². The Labute approximate surface area is 117 Å². The molecule has 0 aliphatic rings. The number of carbonyl (C=O) groups excluding carboxylic acids is 2. The maximum atomic E-state index is 12.0. The predicted molar refractivity (Wildman–Crippen MR) is 76.5 cm³/mol. The molecule has 4 nitrogen and oxygen atoms in total. The van der Waals surface area contributed by atoms with Gasteiger partial charge in [0, 0.05) is 5.56 Å². The third kappa shape index (κ3) is 3.10. The van der Waals surface area contributed by atoms with E-state index in [-0.39, 0.29) is 5.78 Å². The van der Waals surface area contributed by atoms with Gasteiger partial charge < -0.3 is 10.4 Å². The Hall–Kier alpha value is -2.46. The van der Waals surface area contributed by atoms with Crippen LogP contribution in [0.3, 0.4) is 0 Å². The molecule has 0 bridgehead atoms. The highest BCUT2D eigenvalue weighted by Crippen LogP contribution is 2.19. The van der Waals surface area contributed by atoms with Gasteiger partial charge in [-0.3, -0.25) is 9.59 Å². The quantitative estimate of drug-likeness (QED) is 0.838. The molecule has 1 unspecified atom stereocenters. The Balaban J connectivity index is 2.18. The van der Waals surface area contributed by atoms with Gasteiger partial charge >= 0.3 is 0 Å². The van der Waals surface area contributed by atoms with E-state index in [9.17, 15) is 14.7 Å². The van der Waals surface area contributed by atoms with Crippen LogP contribution in [0.2, 0.25) is 0 Å². The van der Waals surface area contributed by atoms with E-state index in [0.29, 0.717) is 16.8 Å². The van der Waals surface area contributed by atoms with Gasteiger partial charge in [0.05, 0.1) is 5.69 Å². The van der Waals surface area contributed by atoms with Crippen molar-refractivity contribution >= 4 is 17.4 Å². The Morgan fingerprint density at radius 3 is 2.25 bits per heavy atom. The van der Waals surface area contributed by atoms with Crippen LogP contribution in [0.1, 0.15) is 28.9 Å². The standard InChI is InChI=1S/C16H15NO3/c1-11(18)13-9-5-6-10-14(13)17-16(20)15(19)12-7-3-2-4-8-12/h2-10,15,19H,1H3,(H,17,20). The molecule has 0 saturated carbocycles. The highest BCUT2D eigenvalue weighted by molar-refractivity contribution is 6.04. The van der Waals surface area contributed by atoms with Crippen LogP contribution in [0.25, 0.3) is 0 Å². The van der Waals surface area contributed by atoms with Crippen molar-refractivity contribution < 1.29 is 14.7 Å². The maximum absolute atomic E-state index is 12.0. The monoisotopic (exact) mass is 269 g/mol. The Bertz CT molecular complexity index is 623. The van der Waals surface area contributed by atoms with Gasteiger partial charge in [0.2, 0.25) is 0 Å². The molecule has 2 rings (SSSR count). The number of benzene rings is 2. The smallest absolute Gasteiger partial charge is 0.257 e. The summed E-state index contributed by atoms with van der Waals surface area (Å²) in [5.41, 5.74) is 1.33. The van der Waals surface area contributed by atoms with Crippen LogP contribution in [-0.4, -0.2) is 16.8 Å². The molecule has 0 aromatic heterocycles. The van der Waals surface area contributed by atoms with Crippen molar-refractivity contribution in [3.63, 3.8) is 0 Å². The van der Waals surface area contributed by atoms with E-state index >= 15 is 0 Å². The Morgan fingerprint density at radius 1 is 1.00 bits per heavy atom. The first-order chi connectivity index (χ1) is 9.59. The number of nitrogens with one attached hydrogen (secondary N) is 1. The Morgan fingerprint density at radius 2 is 1.60 bits per heavy atom. The fourth-order valence-electron chi connectivity index (χ4n) is 1.89. The van der Waals surface area contributed by atoms with Gasteiger partial charge in [0.25, 0.3) is 5.91 Å². The van der Waals surface area contributed by atoms with Gasteiger partial charge in [0.15, 0.2) is 11.9 Å². The summed E-state index contributed by atoms with van der Waals surface area (Å²) >= 11 is 0. The molecule has 2 aromatic carbocycles. The molecule has 0 fully saturated rings. The highest BCUT2D eigenvalue weighted by Gasteiger charge is 2.18. The highest BCUT2D eigenvalue weighted by atomic mass is 16.3. The van der Waals surface area contributed by atoms with Gasteiger partial charge in [-0.2, -0.15) is 0 Å². The minimum Gasteiger partial charge on any atom is -0.378 e. The number of anilines is 1. The molecule has 1 amide bonds. The van der Waals surface area contributed by atoms with Gasteiger partial charge in [-0.1, -0.05) is 42.5 Å². The van der Waals surface area contributed by atoms with Crippen LogP contribution in [0.5, 0.6) is 0 Å². The summed E-state index contributed by atoms with van der Waals surface area (Å²) in [5.74, 6) is -0.708. The summed E-state index contributed by atoms with van der Waals surface area (Å²) in [6.45, 7) is 1.43. The zero-order valence-corrected chi connectivity index (χ0v) is 11.0. The van der Waals surface area contributed by atoms with Gasteiger partial charge in [-0.15, -0.1) is 0 Å². The first-order valence-electron chi connectivity index (χ1n) is 6.23. The molecule has 1 atom stereocenters. The topological polar surface area (TPSA) is 66.4 Å². The van der Waals surface area contributed by atoms with E-state index in [1.165, 1.54) is 6.92 Å². The number of Topliss-reactive ketones (excluding diaryl/α,β-unsaturated/α-hetero) is 1. The summed E-state index contributed by atoms with van der Waals surface area (Å²) in [6, 6.07) is 15.3. The SMILES string of the molecule is CC(=O)c1ccccc1NC(=O)C(O)c1ccccc1. The first kappa shape index (κ1) is 14.0.